The van der Waals surface area contributed by atoms with E-state index in [0.29, 0.717) is 0 Å². The molecule has 1 aromatic carbocycles. The second-order valence-electron chi connectivity index (χ2n) is 5.40. The van der Waals surface area contributed by atoms with Crippen LogP contribution < -0.4 is 5.32 Å². The molecule has 2 aromatic rings. The van der Waals surface area contributed by atoms with Crippen molar-refractivity contribution in [2.45, 2.75) is 25.2 Å². The van der Waals surface area contributed by atoms with Crippen LogP contribution in [0.5, 0.6) is 0 Å². The average Bonchev–Trinajstić information content (AvgIpc) is 2.92. The maximum atomic E-state index is 5.57. The molecule has 1 saturated heterocycles. The molecule has 0 unspecified atom stereocenters. The Morgan fingerprint density at radius 3 is 2.86 bits per heavy atom. The van der Waals surface area contributed by atoms with Crippen molar-refractivity contribution in [3.63, 3.8) is 0 Å². The maximum absolute atomic E-state index is 5.57. The van der Waals surface area contributed by atoms with Crippen LogP contribution in [0, 0.1) is 6.92 Å². The highest BCUT2D eigenvalue weighted by atomic mass is 79.9. The Morgan fingerprint density at radius 2 is 2.19 bits per heavy atom. The van der Waals surface area contributed by atoms with Gasteiger partial charge in [-0.25, -0.2) is 4.98 Å². The fourth-order valence-corrected chi connectivity index (χ4v) is 3.73. The topological polar surface area (TPSA) is 47.0 Å². The molecule has 2 heterocycles. The van der Waals surface area contributed by atoms with Gasteiger partial charge in [-0.3, -0.25) is 0 Å². The molecule has 0 radical (unpaired) electrons. The summed E-state index contributed by atoms with van der Waals surface area (Å²) >= 11 is 5.00. The molecule has 21 heavy (non-hydrogen) atoms. The van der Waals surface area contributed by atoms with Gasteiger partial charge in [0.2, 0.25) is 5.13 Å². The van der Waals surface area contributed by atoms with Crippen molar-refractivity contribution in [1.82, 2.24) is 9.36 Å². The minimum absolute atomic E-state index is 0.0988. The van der Waals surface area contributed by atoms with Gasteiger partial charge < -0.3 is 10.1 Å². The van der Waals surface area contributed by atoms with Gasteiger partial charge in [-0.15, -0.1) is 0 Å². The van der Waals surface area contributed by atoms with Crippen molar-refractivity contribution in [1.29, 1.82) is 0 Å². The van der Waals surface area contributed by atoms with E-state index in [4.69, 9.17) is 4.74 Å². The number of hydrogen-bond donors (Lipinski definition) is 1. The Morgan fingerprint density at radius 1 is 1.38 bits per heavy atom. The number of aryl methyl sites for hydroxylation is 1. The molecule has 0 saturated carbocycles. The van der Waals surface area contributed by atoms with Crippen molar-refractivity contribution in [2.75, 3.05) is 25.1 Å². The third-order valence-electron chi connectivity index (χ3n) is 3.99. The van der Waals surface area contributed by atoms with E-state index in [1.165, 1.54) is 17.1 Å². The minimum atomic E-state index is 0.0988. The zero-order valence-corrected chi connectivity index (χ0v) is 14.3. The first-order chi connectivity index (χ1) is 10.2. The van der Waals surface area contributed by atoms with E-state index >= 15 is 0 Å². The lowest BCUT2D eigenvalue weighted by molar-refractivity contribution is 0.0544. The van der Waals surface area contributed by atoms with E-state index in [1.54, 1.807) is 0 Å². The van der Waals surface area contributed by atoms with E-state index < -0.39 is 0 Å². The van der Waals surface area contributed by atoms with Crippen molar-refractivity contribution in [3.05, 3.63) is 40.1 Å². The summed E-state index contributed by atoms with van der Waals surface area (Å²) < 4.78 is 10.9. The van der Waals surface area contributed by atoms with Crippen LogP contribution in [0.1, 0.15) is 24.2 Å². The van der Waals surface area contributed by atoms with Gasteiger partial charge in [0, 0.05) is 41.2 Å². The molecule has 1 aliphatic rings. The predicted octanol–water partition coefficient (Wildman–Crippen LogP) is 3.77. The molecule has 1 N–H and O–H groups in total. The Labute approximate surface area is 137 Å². The lowest BCUT2D eigenvalue weighted by atomic mass is 9.74. The summed E-state index contributed by atoms with van der Waals surface area (Å²) in [5.74, 6) is 0.825. The van der Waals surface area contributed by atoms with Gasteiger partial charge >= 0.3 is 0 Å². The van der Waals surface area contributed by atoms with Gasteiger partial charge in [-0.05, 0) is 37.5 Å². The summed E-state index contributed by atoms with van der Waals surface area (Å²) in [6, 6.07) is 8.60. The van der Waals surface area contributed by atoms with Crippen LogP contribution in [-0.2, 0) is 10.2 Å². The van der Waals surface area contributed by atoms with Gasteiger partial charge in [0.05, 0.1) is 0 Å². The van der Waals surface area contributed by atoms with E-state index in [9.17, 15) is 0 Å². The lowest BCUT2D eigenvalue weighted by Gasteiger charge is -2.38. The van der Waals surface area contributed by atoms with Crippen molar-refractivity contribution in [2.24, 2.45) is 0 Å². The zero-order chi connectivity index (χ0) is 14.7. The Hall–Kier alpha value is -0.980. The smallest absolute Gasteiger partial charge is 0.202 e. The highest BCUT2D eigenvalue weighted by molar-refractivity contribution is 9.10. The zero-order valence-electron chi connectivity index (χ0n) is 11.9. The number of ether oxygens (including phenoxy) is 1. The number of halogens is 1. The summed E-state index contributed by atoms with van der Waals surface area (Å²) in [4.78, 5) is 4.39. The van der Waals surface area contributed by atoms with Crippen molar-refractivity contribution < 1.29 is 4.74 Å². The first-order valence-electron chi connectivity index (χ1n) is 7.06. The second-order valence-corrected chi connectivity index (χ2v) is 7.07. The third-order valence-corrected chi connectivity index (χ3v) is 5.25. The molecule has 3 rings (SSSR count). The van der Waals surface area contributed by atoms with E-state index in [0.717, 1.165) is 48.0 Å². The maximum Gasteiger partial charge on any atom is 0.202 e. The Balaban J connectivity index is 1.82. The van der Waals surface area contributed by atoms with Crippen LogP contribution in [0.15, 0.2) is 28.7 Å². The number of nitrogens with one attached hydrogen (secondary N) is 1. The van der Waals surface area contributed by atoms with Crippen LogP contribution >= 0.6 is 27.5 Å². The van der Waals surface area contributed by atoms with Gasteiger partial charge in [0.25, 0.3) is 0 Å². The largest absolute Gasteiger partial charge is 0.381 e. The number of hydrogen-bond acceptors (Lipinski definition) is 5. The number of benzene rings is 1. The molecule has 0 spiro atoms. The van der Waals surface area contributed by atoms with Crippen LogP contribution in [0.2, 0.25) is 0 Å². The molecule has 1 fully saturated rings. The Bertz CT molecular complexity index is 610. The molecule has 0 aliphatic carbocycles. The molecule has 112 valence electrons. The highest BCUT2D eigenvalue weighted by Gasteiger charge is 2.34. The van der Waals surface area contributed by atoms with E-state index in [-0.39, 0.29) is 5.41 Å². The van der Waals surface area contributed by atoms with E-state index in [1.807, 2.05) is 6.92 Å². The standard InChI is InChI=1S/C15H18BrN3OS/c1-11-18-14(21-19-11)17-10-15(5-7-20-8-6-15)12-3-2-4-13(16)9-12/h2-4,9H,5-8,10H2,1H3,(H,17,18,19). The fourth-order valence-electron chi connectivity index (χ4n) is 2.76. The summed E-state index contributed by atoms with van der Waals surface area (Å²) in [5, 5.41) is 4.36. The normalized spacial score (nSPS) is 17.6. The van der Waals surface area contributed by atoms with Gasteiger partial charge in [0.1, 0.15) is 5.82 Å². The SMILES string of the molecule is Cc1nsc(NCC2(c3cccc(Br)c3)CCOCC2)n1. The highest BCUT2D eigenvalue weighted by Crippen LogP contribution is 2.36. The molecule has 1 aliphatic heterocycles. The van der Waals surface area contributed by atoms with Crippen LogP contribution in [0.4, 0.5) is 5.13 Å². The number of aromatic nitrogens is 2. The monoisotopic (exact) mass is 367 g/mol. The molecule has 6 heteroatoms. The summed E-state index contributed by atoms with van der Waals surface area (Å²) in [5.41, 5.74) is 1.45. The molecular formula is C15H18BrN3OS. The first-order valence-corrected chi connectivity index (χ1v) is 8.63. The van der Waals surface area contributed by atoms with Gasteiger partial charge in [-0.1, -0.05) is 28.1 Å². The Kier molecular flexibility index (Phi) is 4.57. The summed E-state index contributed by atoms with van der Waals surface area (Å²) in [6.45, 7) is 4.40. The third kappa shape index (κ3) is 3.44. The summed E-state index contributed by atoms with van der Waals surface area (Å²) in [7, 11) is 0. The number of anilines is 1. The fraction of sp³-hybridized carbons (Fsp3) is 0.467. The van der Waals surface area contributed by atoms with Crippen LogP contribution in [-0.4, -0.2) is 29.1 Å². The van der Waals surface area contributed by atoms with Gasteiger partial charge in [0.15, 0.2) is 0 Å². The minimum Gasteiger partial charge on any atom is -0.381 e. The quantitative estimate of drug-likeness (QED) is 0.893. The van der Waals surface area contributed by atoms with Gasteiger partial charge in [-0.2, -0.15) is 4.37 Å². The van der Waals surface area contributed by atoms with E-state index in [2.05, 4.69) is 54.9 Å². The molecule has 0 atom stereocenters. The average molecular weight is 368 g/mol. The number of rotatable bonds is 4. The lowest BCUT2D eigenvalue weighted by Crippen LogP contribution is -2.40. The first kappa shape index (κ1) is 14.9. The van der Waals surface area contributed by atoms with Crippen LogP contribution in [0.25, 0.3) is 0 Å². The second kappa shape index (κ2) is 6.42. The van der Waals surface area contributed by atoms with Crippen molar-refractivity contribution in [3.8, 4) is 0 Å². The predicted molar refractivity (Wildman–Crippen MR) is 89.0 cm³/mol. The number of nitrogens with zero attached hydrogens (tertiary/aromatic N) is 2. The molecular weight excluding hydrogens is 350 g/mol. The van der Waals surface area contributed by atoms with Crippen molar-refractivity contribution >= 4 is 32.6 Å². The molecule has 1 aromatic heterocycles. The molecule has 0 bridgehead atoms. The summed E-state index contributed by atoms with van der Waals surface area (Å²) in [6.07, 6.45) is 2.04. The van der Waals surface area contributed by atoms with Crippen LogP contribution in [0.3, 0.4) is 0 Å². The molecule has 4 nitrogen and oxygen atoms in total. The molecule has 0 amide bonds.